The summed E-state index contributed by atoms with van der Waals surface area (Å²) in [5.74, 6) is -0.0839. The highest BCUT2D eigenvalue weighted by Gasteiger charge is 2.24. The van der Waals surface area contributed by atoms with Gasteiger partial charge in [-0.3, -0.25) is 9.59 Å². The molecule has 0 bridgehead atoms. The minimum absolute atomic E-state index is 0.0376. The van der Waals surface area contributed by atoms with Crippen molar-refractivity contribution in [2.75, 3.05) is 18.0 Å². The van der Waals surface area contributed by atoms with Gasteiger partial charge in [0.1, 0.15) is 0 Å². The second kappa shape index (κ2) is 9.05. The first-order valence-corrected chi connectivity index (χ1v) is 9.96. The minimum atomic E-state index is -0.0462. The van der Waals surface area contributed by atoms with Crippen LogP contribution >= 0.6 is 11.6 Å². The zero-order valence-corrected chi connectivity index (χ0v) is 16.4. The van der Waals surface area contributed by atoms with E-state index in [9.17, 15) is 9.59 Å². The van der Waals surface area contributed by atoms with Crippen molar-refractivity contribution in [2.24, 2.45) is 0 Å². The lowest BCUT2D eigenvalue weighted by atomic mass is 9.98. The highest BCUT2D eigenvalue weighted by atomic mass is 35.5. The Labute approximate surface area is 165 Å². The molecule has 142 valence electrons. The van der Waals surface area contributed by atoms with Crippen molar-refractivity contribution in [3.8, 4) is 0 Å². The first kappa shape index (κ1) is 19.4. The average molecular weight is 385 g/mol. The molecule has 27 heavy (non-hydrogen) atoms. The molecule has 1 aliphatic heterocycles. The molecule has 2 aromatic rings. The van der Waals surface area contributed by atoms with Gasteiger partial charge < -0.3 is 10.2 Å². The third-order valence-corrected chi connectivity index (χ3v) is 5.11. The van der Waals surface area contributed by atoms with Crippen LogP contribution in [0.3, 0.4) is 0 Å². The summed E-state index contributed by atoms with van der Waals surface area (Å²) in [4.78, 5) is 27.1. The van der Waals surface area contributed by atoms with Gasteiger partial charge in [0, 0.05) is 34.9 Å². The Kier molecular flexibility index (Phi) is 6.51. The molecule has 5 heteroatoms. The molecule has 0 aliphatic carbocycles. The first-order chi connectivity index (χ1) is 13.1. The molecule has 2 amide bonds. The SMILES string of the molecule is CCCCCNC(=O)c1ccc2c(c1)CCCN2C(=O)c1ccc(Cl)cc1. The third-order valence-electron chi connectivity index (χ3n) is 4.86. The van der Waals surface area contributed by atoms with Gasteiger partial charge in [0.25, 0.3) is 11.8 Å². The number of amides is 2. The third kappa shape index (κ3) is 4.69. The maximum atomic E-state index is 12.9. The molecule has 2 aromatic carbocycles. The number of unbranched alkanes of at least 4 members (excludes halogenated alkanes) is 2. The molecule has 4 nitrogen and oxygen atoms in total. The van der Waals surface area contributed by atoms with Crippen molar-refractivity contribution in [3.63, 3.8) is 0 Å². The van der Waals surface area contributed by atoms with Gasteiger partial charge in [-0.15, -0.1) is 0 Å². The van der Waals surface area contributed by atoms with Crippen molar-refractivity contribution < 1.29 is 9.59 Å². The van der Waals surface area contributed by atoms with Crippen molar-refractivity contribution in [3.05, 3.63) is 64.2 Å². The Morgan fingerprint density at radius 2 is 1.81 bits per heavy atom. The number of halogens is 1. The number of aryl methyl sites for hydroxylation is 1. The van der Waals surface area contributed by atoms with Gasteiger partial charge in [-0.25, -0.2) is 0 Å². The van der Waals surface area contributed by atoms with E-state index in [1.165, 1.54) is 0 Å². The molecule has 0 unspecified atom stereocenters. The number of anilines is 1. The summed E-state index contributed by atoms with van der Waals surface area (Å²) in [5, 5.41) is 3.58. The summed E-state index contributed by atoms with van der Waals surface area (Å²) >= 11 is 5.92. The molecular formula is C22H25ClN2O2. The molecule has 0 spiro atoms. The standard InChI is InChI=1S/C22H25ClN2O2/c1-2-3-4-13-24-21(26)18-9-12-20-17(15-18)6-5-14-25(20)22(27)16-7-10-19(23)11-8-16/h7-12,15H,2-6,13-14H2,1H3,(H,24,26). The summed E-state index contributed by atoms with van der Waals surface area (Å²) in [5.41, 5.74) is 3.21. The second-order valence-corrected chi connectivity index (χ2v) is 7.31. The maximum Gasteiger partial charge on any atom is 0.258 e. The Morgan fingerprint density at radius 3 is 2.56 bits per heavy atom. The number of nitrogens with zero attached hydrogens (tertiary/aromatic N) is 1. The quantitative estimate of drug-likeness (QED) is 0.723. The van der Waals surface area contributed by atoms with Crippen molar-refractivity contribution in [1.82, 2.24) is 5.32 Å². The fourth-order valence-corrected chi connectivity index (χ4v) is 3.50. The van der Waals surface area contributed by atoms with Gasteiger partial charge >= 0.3 is 0 Å². The van der Waals surface area contributed by atoms with E-state index >= 15 is 0 Å². The summed E-state index contributed by atoms with van der Waals surface area (Å²) in [6, 6.07) is 12.6. The number of hydrogen-bond donors (Lipinski definition) is 1. The molecule has 1 heterocycles. The minimum Gasteiger partial charge on any atom is -0.352 e. The van der Waals surface area contributed by atoms with Crippen LogP contribution in [-0.2, 0) is 6.42 Å². The predicted molar refractivity (Wildman–Crippen MR) is 110 cm³/mol. The van der Waals surface area contributed by atoms with E-state index in [1.54, 1.807) is 35.2 Å². The Bertz CT molecular complexity index is 818. The lowest BCUT2D eigenvalue weighted by Gasteiger charge is -2.30. The molecule has 1 N–H and O–H groups in total. The van der Waals surface area contributed by atoms with Crippen molar-refractivity contribution in [2.45, 2.75) is 39.0 Å². The van der Waals surface area contributed by atoms with E-state index in [1.807, 2.05) is 12.1 Å². The van der Waals surface area contributed by atoms with Crippen LogP contribution in [0.15, 0.2) is 42.5 Å². The highest BCUT2D eigenvalue weighted by Crippen LogP contribution is 2.29. The fraction of sp³-hybridized carbons (Fsp3) is 0.364. The van der Waals surface area contributed by atoms with Gasteiger partial charge in [0.15, 0.2) is 0 Å². The summed E-state index contributed by atoms with van der Waals surface area (Å²) in [6.45, 7) is 3.52. The van der Waals surface area contributed by atoms with E-state index < -0.39 is 0 Å². The number of carbonyl (C=O) groups excluding carboxylic acids is 2. The van der Waals surface area contributed by atoms with Gasteiger partial charge in [0.2, 0.25) is 0 Å². The topological polar surface area (TPSA) is 49.4 Å². The van der Waals surface area contributed by atoms with Crippen LogP contribution in [0.2, 0.25) is 5.02 Å². The van der Waals surface area contributed by atoms with Crippen LogP contribution in [-0.4, -0.2) is 24.9 Å². The number of rotatable bonds is 6. The molecule has 0 atom stereocenters. The molecule has 0 saturated carbocycles. The van der Waals surface area contributed by atoms with Gasteiger partial charge in [-0.05, 0) is 67.3 Å². The van der Waals surface area contributed by atoms with Gasteiger partial charge in [0.05, 0.1) is 0 Å². The zero-order valence-electron chi connectivity index (χ0n) is 15.6. The van der Waals surface area contributed by atoms with Crippen LogP contribution < -0.4 is 10.2 Å². The molecule has 0 fully saturated rings. The van der Waals surface area contributed by atoms with Gasteiger partial charge in [-0.2, -0.15) is 0 Å². The number of carbonyl (C=O) groups is 2. The van der Waals surface area contributed by atoms with Crippen molar-refractivity contribution >= 4 is 29.1 Å². The number of nitrogens with one attached hydrogen (secondary N) is 1. The Balaban J connectivity index is 1.75. The zero-order chi connectivity index (χ0) is 19.2. The van der Waals surface area contributed by atoms with Crippen LogP contribution in [0.1, 0.15) is 58.9 Å². The smallest absolute Gasteiger partial charge is 0.258 e. The highest BCUT2D eigenvalue weighted by molar-refractivity contribution is 6.30. The molecule has 1 aliphatic rings. The van der Waals surface area contributed by atoms with Gasteiger partial charge in [-0.1, -0.05) is 31.4 Å². The number of fused-ring (bicyclic) bond motifs is 1. The van der Waals surface area contributed by atoms with E-state index in [0.717, 1.165) is 43.4 Å². The van der Waals surface area contributed by atoms with E-state index in [2.05, 4.69) is 12.2 Å². The monoisotopic (exact) mass is 384 g/mol. The lowest BCUT2D eigenvalue weighted by Crippen LogP contribution is -2.35. The Hall–Kier alpha value is -2.33. The van der Waals surface area contributed by atoms with Crippen LogP contribution in [0, 0.1) is 0 Å². The van der Waals surface area contributed by atoms with Crippen LogP contribution in [0.25, 0.3) is 0 Å². The summed E-state index contributed by atoms with van der Waals surface area (Å²) < 4.78 is 0. The van der Waals surface area contributed by atoms with E-state index in [-0.39, 0.29) is 11.8 Å². The maximum absolute atomic E-state index is 12.9. The molecule has 0 radical (unpaired) electrons. The summed E-state index contributed by atoms with van der Waals surface area (Å²) in [6.07, 6.45) is 5.00. The number of benzene rings is 2. The predicted octanol–water partition coefficient (Wildman–Crippen LogP) is 4.85. The van der Waals surface area contributed by atoms with E-state index in [0.29, 0.717) is 29.2 Å². The van der Waals surface area contributed by atoms with Crippen LogP contribution in [0.5, 0.6) is 0 Å². The lowest BCUT2D eigenvalue weighted by molar-refractivity contribution is 0.0952. The fourth-order valence-electron chi connectivity index (χ4n) is 3.38. The van der Waals surface area contributed by atoms with Crippen molar-refractivity contribution in [1.29, 1.82) is 0 Å². The molecule has 0 aromatic heterocycles. The average Bonchev–Trinajstić information content (AvgIpc) is 2.70. The molecule has 3 rings (SSSR count). The molecular weight excluding hydrogens is 360 g/mol. The number of hydrogen-bond acceptors (Lipinski definition) is 2. The van der Waals surface area contributed by atoms with E-state index in [4.69, 9.17) is 11.6 Å². The van der Waals surface area contributed by atoms with Crippen LogP contribution in [0.4, 0.5) is 5.69 Å². The Morgan fingerprint density at radius 1 is 1.07 bits per heavy atom. The summed E-state index contributed by atoms with van der Waals surface area (Å²) in [7, 11) is 0. The molecule has 0 saturated heterocycles. The normalized spacial score (nSPS) is 13.2. The first-order valence-electron chi connectivity index (χ1n) is 9.58. The second-order valence-electron chi connectivity index (χ2n) is 6.87. The largest absolute Gasteiger partial charge is 0.352 e.